The number of ether oxygens (including phenoxy) is 2. The first kappa shape index (κ1) is 19.5. The lowest BCUT2D eigenvalue weighted by Crippen LogP contribution is -2.51. The number of aliphatic imine (C=N–C) groups is 1. The molecule has 7 nitrogen and oxygen atoms in total. The van der Waals surface area contributed by atoms with E-state index in [-0.39, 0.29) is 30.1 Å². The molecule has 0 saturated carbocycles. The van der Waals surface area contributed by atoms with Crippen molar-refractivity contribution in [3.05, 3.63) is 17.7 Å². The molecule has 2 aliphatic rings. The first-order valence-electron chi connectivity index (χ1n) is 8.41. The molecular weight excluding hydrogens is 421 g/mol. The van der Waals surface area contributed by atoms with Crippen molar-refractivity contribution in [3.63, 3.8) is 0 Å². The molecule has 0 aromatic carbocycles. The Kier molecular flexibility index (Phi) is 7.76. The molecule has 0 bridgehead atoms. The molecule has 1 atom stereocenters. The second-order valence-corrected chi connectivity index (χ2v) is 6.09. The van der Waals surface area contributed by atoms with Crippen LogP contribution in [0.25, 0.3) is 0 Å². The number of imidazole rings is 1. The topological polar surface area (TPSA) is 63.9 Å². The first-order valence-corrected chi connectivity index (χ1v) is 8.41. The minimum absolute atomic E-state index is 0. The molecule has 136 valence electrons. The summed E-state index contributed by atoms with van der Waals surface area (Å²) in [6.07, 6.45) is 5.87. The molecule has 0 aliphatic carbocycles. The third kappa shape index (κ3) is 4.82. The van der Waals surface area contributed by atoms with Gasteiger partial charge in [0.05, 0.1) is 31.6 Å². The van der Waals surface area contributed by atoms with Crippen molar-refractivity contribution in [2.75, 3.05) is 40.5 Å². The summed E-state index contributed by atoms with van der Waals surface area (Å²) >= 11 is 0. The fourth-order valence-corrected chi connectivity index (χ4v) is 3.26. The predicted octanol–water partition coefficient (Wildman–Crippen LogP) is 1.26. The van der Waals surface area contributed by atoms with E-state index >= 15 is 0 Å². The number of fused-ring (bicyclic) bond motifs is 1. The van der Waals surface area contributed by atoms with Gasteiger partial charge >= 0.3 is 0 Å². The number of hydrogen-bond donors (Lipinski definition) is 1. The Morgan fingerprint density at radius 3 is 3.08 bits per heavy atom. The Bertz CT molecular complexity index is 523. The van der Waals surface area contributed by atoms with Crippen LogP contribution in [0.2, 0.25) is 0 Å². The molecule has 3 rings (SSSR count). The van der Waals surface area contributed by atoms with E-state index in [9.17, 15) is 0 Å². The molecule has 1 aromatic rings. The maximum absolute atomic E-state index is 5.70. The van der Waals surface area contributed by atoms with Gasteiger partial charge < -0.3 is 24.3 Å². The van der Waals surface area contributed by atoms with E-state index in [0.29, 0.717) is 19.8 Å². The second-order valence-electron chi connectivity index (χ2n) is 6.09. The molecule has 0 spiro atoms. The molecular formula is C16H28IN5O2. The molecule has 2 aliphatic heterocycles. The van der Waals surface area contributed by atoms with Gasteiger partial charge in [-0.25, -0.2) is 4.98 Å². The van der Waals surface area contributed by atoms with Crippen molar-refractivity contribution >= 4 is 29.9 Å². The van der Waals surface area contributed by atoms with E-state index < -0.39 is 0 Å². The second kappa shape index (κ2) is 9.57. The van der Waals surface area contributed by atoms with Crippen LogP contribution in [0.5, 0.6) is 0 Å². The summed E-state index contributed by atoms with van der Waals surface area (Å²) in [5.74, 6) is 2.12. The molecule has 8 heteroatoms. The van der Waals surface area contributed by atoms with Crippen LogP contribution in [0.4, 0.5) is 0 Å². The van der Waals surface area contributed by atoms with Gasteiger partial charge in [-0.05, 0) is 12.8 Å². The molecule has 1 fully saturated rings. The van der Waals surface area contributed by atoms with Gasteiger partial charge in [0.2, 0.25) is 0 Å². The van der Waals surface area contributed by atoms with Crippen molar-refractivity contribution < 1.29 is 9.47 Å². The maximum Gasteiger partial charge on any atom is 0.194 e. The van der Waals surface area contributed by atoms with Gasteiger partial charge in [-0.1, -0.05) is 0 Å². The number of methoxy groups -OCH3 is 1. The molecule has 1 unspecified atom stereocenters. The fraction of sp³-hybridized carbons (Fsp3) is 0.750. The Morgan fingerprint density at radius 1 is 1.46 bits per heavy atom. The van der Waals surface area contributed by atoms with Gasteiger partial charge in [-0.3, -0.25) is 4.99 Å². The van der Waals surface area contributed by atoms with Crippen molar-refractivity contribution in [2.45, 2.75) is 38.5 Å². The number of nitrogens with one attached hydrogen (secondary N) is 1. The fourth-order valence-electron chi connectivity index (χ4n) is 3.26. The van der Waals surface area contributed by atoms with Crippen molar-refractivity contribution in [1.82, 2.24) is 19.8 Å². The van der Waals surface area contributed by atoms with Gasteiger partial charge in [0, 0.05) is 46.4 Å². The number of guanidine groups is 1. The molecule has 1 aromatic heterocycles. The lowest BCUT2D eigenvalue weighted by molar-refractivity contribution is -0.0447. The zero-order valence-corrected chi connectivity index (χ0v) is 16.9. The lowest BCUT2D eigenvalue weighted by atomic mass is 10.2. The summed E-state index contributed by atoms with van der Waals surface area (Å²) in [5, 5.41) is 3.43. The maximum atomic E-state index is 5.70. The van der Waals surface area contributed by atoms with E-state index in [2.05, 4.69) is 26.0 Å². The smallest absolute Gasteiger partial charge is 0.194 e. The molecule has 1 N–H and O–H groups in total. The monoisotopic (exact) mass is 449 g/mol. The van der Waals surface area contributed by atoms with E-state index in [0.717, 1.165) is 37.7 Å². The number of rotatable bonds is 4. The van der Waals surface area contributed by atoms with Crippen LogP contribution in [0, 0.1) is 0 Å². The molecule has 0 amide bonds. The average Bonchev–Trinajstić information content (AvgIpc) is 2.99. The number of aromatic nitrogens is 2. The van der Waals surface area contributed by atoms with Gasteiger partial charge in [0.25, 0.3) is 0 Å². The molecule has 24 heavy (non-hydrogen) atoms. The largest absolute Gasteiger partial charge is 0.382 e. The number of morpholine rings is 1. The number of nitrogens with zero attached hydrogens (tertiary/aromatic N) is 4. The Hall–Kier alpha value is -0.870. The summed E-state index contributed by atoms with van der Waals surface area (Å²) < 4.78 is 13.2. The minimum atomic E-state index is 0. The highest BCUT2D eigenvalue weighted by Crippen LogP contribution is 2.14. The van der Waals surface area contributed by atoms with Crippen LogP contribution in [0.3, 0.4) is 0 Å². The molecule has 3 heterocycles. The SMILES string of the molecule is CN=C(NCc1cn2c(n1)CCCC2)N1CCOC(COC)C1.I. The number of aryl methyl sites for hydroxylation is 2. The van der Waals surface area contributed by atoms with Crippen LogP contribution < -0.4 is 5.32 Å². The zero-order chi connectivity index (χ0) is 16.1. The normalized spacial score (nSPS) is 21.2. The summed E-state index contributed by atoms with van der Waals surface area (Å²) in [4.78, 5) is 11.4. The average molecular weight is 449 g/mol. The standard InChI is InChI=1S/C16H27N5O2.HI/c1-17-16(21-7-8-23-14(11-21)12-22-2)18-9-13-10-20-6-4-3-5-15(20)19-13;/h10,14H,3-9,11-12H2,1-2H3,(H,17,18);1H. The zero-order valence-electron chi connectivity index (χ0n) is 14.5. The van der Waals surface area contributed by atoms with Crippen LogP contribution in [-0.4, -0.2) is 67.0 Å². The third-order valence-electron chi connectivity index (χ3n) is 4.39. The summed E-state index contributed by atoms with van der Waals surface area (Å²) in [5.41, 5.74) is 1.09. The Labute approximate surface area is 160 Å². The van der Waals surface area contributed by atoms with E-state index in [1.807, 2.05) is 7.05 Å². The number of hydrogen-bond acceptors (Lipinski definition) is 4. The van der Waals surface area contributed by atoms with E-state index in [4.69, 9.17) is 14.5 Å². The van der Waals surface area contributed by atoms with Crippen LogP contribution in [0.15, 0.2) is 11.2 Å². The molecule has 0 radical (unpaired) electrons. The quantitative estimate of drug-likeness (QED) is 0.426. The van der Waals surface area contributed by atoms with Gasteiger partial charge in [-0.2, -0.15) is 0 Å². The summed E-state index contributed by atoms with van der Waals surface area (Å²) in [6, 6.07) is 0. The van der Waals surface area contributed by atoms with Crippen LogP contribution in [0.1, 0.15) is 24.4 Å². The lowest BCUT2D eigenvalue weighted by Gasteiger charge is -2.34. The van der Waals surface area contributed by atoms with E-state index in [1.54, 1.807) is 7.11 Å². The highest BCUT2D eigenvalue weighted by atomic mass is 127. The summed E-state index contributed by atoms with van der Waals surface area (Å²) in [6.45, 7) is 4.76. The highest BCUT2D eigenvalue weighted by molar-refractivity contribution is 14.0. The minimum Gasteiger partial charge on any atom is -0.382 e. The summed E-state index contributed by atoms with van der Waals surface area (Å²) in [7, 11) is 3.53. The number of halogens is 1. The van der Waals surface area contributed by atoms with Gasteiger partial charge in [0.15, 0.2) is 5.96 Å². The van der Waals surface area contributed by atoms with Crippen molar-refractivity contribution in [2.24, 2.45) is 4.99 Å². The van der Waals surface area contributed by atoms with Crippen molar-refractivity contribution in [1.29, 1.82) is 0 Å². The third-order valence-corrected chi connectivity index (χ3v) is 4.39. The Balaban J connectivity index is 0.00000208. The van der Waals surface area contributed by atoms with Gasteiger partial charge in [0.1, 0.15) is 5.82 Å². The molecule has 1 saturated heterocycles. The van der Waals surface area contributed by atoms with Crippen LogP contribution in [-0.2, 0) is 29.0 Å². The van der Waals surface area contributed by atoms with E-state index in [1.165, 1.54) is 18.7 Å². The first-order chi connectivity index (χ1) is 11.3. The van der Waals surface area contributed by atoms with Crippen LogP contribution >= 0.6 is 24.0 Å². The van der Waals surface area contributed by atoms with Gasteiger partial charge in [-0.15, -0.1) is 24.0 Å². The Morgan fingerprint density at radius 2 is 2.33 bits per heavy atom. The van der Waals surface area contributed by atoms with Crippen molar-refractivity contribution in [3.8, 4) is 0 Å². The highest BCUT2D eigenvalue weighted by Gasteiger charge is 2.23. The predicted molar refractivity (Wildman–Crippen MR) is 104 cm³/mol.